The van der Waals surface area contributed by atoms with E-state index < -0.39 is 26.7 Å². The number of phenols is 1. The molecule has 0 fully saturated rings. The first kappa shape index (κ1) is 29.6. The van der Waals surface area contributed by atoms with Gasteiger partial charge in [-0.1, -0.05) is 46.4 Å². The van der Waals surface area contributed by atoms with Crippen molar-refractivity contribution in [3.8, 4) is 5.75 Å². The van der Waals surface area contributed by atoms with Gasteiger partial charge in [0.2, 0.25) is 0 Å². The van der Waals surface area contributed by atoms with E-state index >= 15 is 0 Å². The van der Waals surface area contributed by atoms with Gasteiger partial charge in [0.1, 0.15) is 16.3 Å². The maximum Gasteiger partial charge on any atom is 0.296 e. The fourth-order valence-electron chi connectivity index (χ4n) is 3.85. The summed E-state index contributed by atoms with van der Waals surface area (Å²) in [5.41, 5.74) is 0.957. The van der Waals surface area contributed by atoms with Crippen LogP contribution in [0.5, 0.6) is 5.75 Å². The molecule has 0 radical (unpaired) electrons. The van der Waals surface area contributed by atoms with E-state index in [0.29, 0.717) is 34.1 Å². The number of benzene rings is 4. The minimum absolute atomic E-state index is 0.00496. The van der Waals surface area contributed by atoms with Crippen molar-refractivity contribution >= 4 is 90.1 Å². The van der Waals surface area contributed by atoms with Gasteiger partial charge in [-0.05, 0) is 53.9 Å². The Morgan fingerprint density at radius 3 is 2.43 bits per heavy atom. The lowest BCUT2D eigenvalue weighted by molar-refractivity contribution is -0.432. The molecule has 0 saturated carbocycles. The number of carbonyl (C=O) groups is 1. The van der Waals surface area contributed by atoms with Gasteiger partial charge in [-0.25, -0.2) is 15.2 Å². The molecule has 0 atom stereocenters. The molecule has 4 aromatic carbocycles. The number of aromatic nitrogens is 2. The molecule has 1 amide bonds. The van der Waals surface area contributed by atoms with Crippen LogP contribution in [0.4, 0.5) is 17.1 Å². The normalized spacial score (nSPS) is 11.9. The third-order valence-electron chi connectivity index (χ3n) is 5.71. The number of fused-ring (bicyclic) bond motifs is 2. The van der Waals surface area contributed by atoms with Gasteiger partial charge in [-0.3, -0.25) is 9.35 Å². The average molecular weight is 648 g/mol. The molecule has 0 saturated heterocycles. The van der Waals surface area contributed by atoms with E-state index in [2.05, 4.69) is 34.9 Å². The molecule has 0 aliphatic rings. The highest BCUT2D eigenvalue weighted by molar-refractivity contribution is 7.94. The minimum Gasteiger partial charge on any atom is -0.505 e. The zero-order valence-electron chi connectivity index (χ0n) is 20.6. The first-order valence-electron chi connectivity index (χ1n) is 11.4. The zero-order valence-corrected chi connectivity index (χ0v) is 23.7. The van der Waals surface area contributed by atoms with Crippen molar-refractivity contribution in [2.24, 2.45) is 10.2 Å². The van der Waals surface area contributed by atoms with E-state index in [4.69, 9.17) is 28.5 Å². The average Bonchev–Trinajstić information content (AvgIpc) is 2.96. The highest BCUT2D eigenvalue weighted by atomic mass is 35.5. The standard InChI is InChI=1S/C25H15Cl2N5O8S2/c26-23-24(27)30-18-9-13(6-8-16(18)29-23)25(34)28-14-7-5-12-10-19(41-40-39-35)21(22(33)15(12)11-14)32-31-17-3-1-2-4-20(17)42(36,37)38/h1-11,33,35H,(H,28,34)(H,36,37,38). The monoisotopic (exact) mass is 647 g/mol. The molecule has 1 heterocycles. The van der Waals surface area contributed by atoms with Crippen LogP contribution in [0, 0.1) is 0 Å². The Kier molecular flexibility index (Phi) is 8.53. The molecule has 4 N–H and O–H groups in total. The Hall–Kier alpha value is -3.93. The predicted octanol–water partition coefficient (Wildman–Crippen LogP) is 7.14. The summed E-state index contributed by atoms with van der Waals surface area (Å²) in [6.07, 6.45) is 0. The number of anilines is 1. The molecular formula is C25H15Cl2N5O8S2. The molecule has 0 unspecified atom stereocenters. The molecule has 0 aliphatic carbocycles. The molecule has 214 valence electrons. The number of rotatable bonds is 8. The molecule has 13 nitrogen and oxygen atoms in total. The lowest BCUT2D eigenvalue weighted by atomic mass is 10.1. The number of phenolic OH excluding ortho intramolecular Hbond substituents is 1. The maximum atomic E-state index is 13.0. The second kappa shape index (κ2) is 12.1. The van der Waals surface area contributed by atoms with Crippen LogP contribution in [-0.4, -0.2) is 39.2 Å². The Balaban J connectivity index is 1.51. The predicted molar refractivity (Wildman–Crippen MR) is 154 cm³/mol. The van der Waals surface area contributed by atoms with Crippen molar-refractivity contribution in [2.45, 2.75) is 9.79 Å². The van der Waals surface area contributed by atoms with Crippen molar-refractivity contribution in [3.63, 3.8) is 0 Å². The quantitative estimate of drug-likeness (QED) is 0.0439. The zero-order chi connectivity index (χ0) is 30.0. The van der Waals surface area contributed by atoms with E-state index in [0.717, 1.165) is 6.07 Å². The first-order chi connectivity index (χ1) is 20.0. The molecule has 5 aromatic rings. The number of carbonyl (C=O) groups excluding carboxylic acids is 1. The van der Waals surface area contributed by atoms with Crippen molar-refractivity contribution in [1.82, 2.24) is 9.97 Å². The number of halogens is 2. The summed E-state index contributed by atoms with van der Waals surface area (Å²) in [6, 6.07) is 16.0. The summed E-state index contributed by atoms with van der Waals surface area (Å²) in [4.78, 5) is 20.9. The largest absolute Gasteiger partial charge is 0.505 e. The highest BCUT2D eigenvalue weighted by Crippen LogP contribution is 2.45. The number of hydrogen-bond donors (Lipinski definition) is 4. The Morgan fingerprint density at radius 2 is 1.69 bits per heavy atom. The molecular weight excluding hydrogens is 633 g/mol. The lowest BCUT2D eigenvalue weighted by Crippen LogP contribution is -2.12. The van der Waals surface area contributed by atoms with Crippen LogP contribution in [0.15, 0.2) is 86.7 Å². The molecule has 17 heteroatoms. The number of amides is 1. The molecule has 1 aromatic heterocycles. The maximum absolute atomic E-state index is 13.0. The minimum atomic E-state index is -4.62. The molecule has 0 spiro atoms. The van der Waals surface area contributed by atoms with Gasteiger partial charge in [0, 0.05) is 16.6 Å². The third-order valence-corrected chi connectivity index (χ3v) is 7.86. The smallest absolute Gasteiger partial charge is 0.296 e. The van der Waals surface area contributed by atoms with E-state index in [1.165, 1.54) is 42.5 Å². The summed E-state index contributed by atoms with van der Waals surface area (Å²) >= 11 is 12.3. The Bertz CT molecular complexity index is 2010. The van der Waals surface area contributed by atoms with Crippen LogP contribution in [0.2, 0.25) is 10.3 Å². The number of azo groups is 1. The number of nitrogens with one attached hydrogen (secondary N) is 1. The van der Waals surface area contributed by atoms with E-state index in [-0.39, 0.29) is 37.5 Å². The number of hydrogen-bond acceptors (Lipinski definition) is 12. The van der Waals surface area contributed by atoms with E-state index in [1.54, 1.807) is 18.2 Å². The van der Waals surface area contributed by atoms with Crippen LogP contribution in [0.1, 0.15) is 10.4 Å². The SMILES string of the molecule is O=C(Nc1ccc2cc(SOOO)c(N=Nc3ccccc3S(=O)(=O)O)c(O)c2c1)c1ccc2nc(Cl)c(Cl)nc2c1. The summed E-state index contributed by atoms with van der Waals surface area (Å²) in [5.74, 6) is -0.917. The summed E-state index contributed by atoms with van der Waals surface area (Å²) < 4.78 is 37.4. The second-order valence-corrected chi connectivity index (χ2v) is 11.2. The Morgan fingerprint density at radius 1 is 0.952 bits per heavy atom. The highest BCUT2D eigenvalue weighted by Gasteiger charge is 2.19. The fourth-order valence-corrected chi connectivity index (χ4v) is 5.23. The van der Waals surface area contributed by atoms with Gasteiger partial charge in [0.05, 0.1) is 28.0 Å². The number of nitrogens with zero attached hydrogens (tertiary/aromatic N) is 4. The van der Waals surface area contributed by atoms with Gasteiger partial charge in [-0.2, -0.15) is 8.42 Å². The Labute approximate surface area is 250 Å². The second-order valence-electron chi connectivity index (χ2n) is 8.34. The van der Waals surface area contributed by atoms with Crippen molar-refractivity contribution in [2.75, 3.05) is 5.32 Å². The van der Waals surface area contributed by atoms with Crippen LogP contribution in [-0.2, 0) is 19.5 Å². The van der Waals surface area contributed by atoms with Gasteiger partial charge in [-0.15, -0.1) is 14.6 Å². The molecule has 42 heavy (non-hydrogen) atoms. The van der Waals surface area contributed by atoms with Crippen LogP contribution in [0.3, 0.4) is 0 Å². The van der Waals surface area contributed by atoms with Crippen LogP contribution in [0.25, 0.3) is 21.8 Å². The summed E-state index contributed by atoms with van der Waals surface area (Å²) in [6.45, 7) is 0. The van der Waals surface area contributed by atoms with Gasteiger partial charge < -0.3 is 10.4 Å². The van der Waals surface area contributed by atoms with E-state index in [1.807, 2.05) is 0 Å². The van der Waals surface area contributed by atoms with Crippen molar-refractivity contribution < 1.29 is 37.5 Å². The first-order valence-corrected chi connectivity index (χ1v) is 14.4. The van der Waals surface area contributed by atoms with Crippen LogP contribution >= 0.6 is 35.2 Å². The number of aromatic hydroxyl groups is 1. The van der Waals surface area contributed by atoms with Crippen molar-refractivity contribution in [3.05, 3.63) is 82.6 Å². The molecule has 0 bridgehead atoms. The van der Waals surface area contributed by atoms with Gasteiger partial charge in [0.15, 0.2) is 16.1 Å². The van der Waals surface area contributed by atoms with Gasteiger partial charge >= 0.3 is 0 Å². The third kappa shape index (κ3) is 6.28. The van der Waals surface area contributed by atoms with Crippen LogP contribution < -0.4 is 5.32 Å². The molecule has 5 rings (SSSR count). The summed E-state index contributed by atoms with van der Waals surface area (Å²) in [7, 11) is -4.62. The van der Waals surface area contributed by atoms with Crippen molar-refractivity contribution in [1.29, 1.82) is 0 Å². The molecule has 0 aliphatic heterocycles. The fraction of sp³-hybridized carbons (Fsp3) is 0. The summed E-state index contributed by atoms with van der Waals surface area (Å²) in [5, 5.41) is 34.7. The lowest BCUT2D eigenvalue weighted by Gasteiger charge is -2.11. The topological polar surface area (TPSA) is 193 Å². The van der Waals surface area contributed by atoms with Gasteiger partial charge in [0.25, 0.3) is 16.0 Å². The van der Waals surface area contributed by atoms with E-state index in [9.17, 15) is 22.9 Å².